The molecule has 0 aliphatic carbocycles. The van der Waals surface area contributed by atoms with Crippen LogP contribution in [0.3, 0.4) is 0 Å². The van der Waals surface area contributed by atoms with Gasteiger partial charge in [-0.3, -0.25) is 14.9 Å². The lowest BCUT2D eigenvalue weighted by atomic mass is 10.1. The lowest BCUT2D eigenvalue weighted by Gasteiger charge is -2.32. The Bertz CT molecular complexity index is 535. The summed E-state index contributed by atoms with van der Waals surface area (Å²) in [6, 6.07) is 4.21. The van der Waals surface area contributed by atoms with E-state index in [1.807, 2.05) is 0 Å². The molecule has 1 saturated heterocycles. The monoisotopic (exact) mass is 342 g/mol. The van der Waals surface area contributed by atoms with Gasteiger partial charge in [0.05, 0.1) is 16.6 Å². The molecule has 108 valence electrons. The molecule has 1 heterocycles. The van der Waals surface area contributed by atoms with Crippen molar-refractivity contribution in [1.29, 1.82) is 0 Å². The zero-order valence-corrected chi connectivity index (χ0v) is 12.6. The molecule has 6 nitrogen and oxygen atoms in total. The quantitative estimate of drug-likeness (QED) is 0.625. The molecule has 0 aromatic heterocycles. The van der Waals surface area contributed by atoms with E-state index in [2.05, 4.69) is 15.9 Å². The lowest BCUT2D eigenvalue weighted by Crippen LogP contribution is -2.43. The first-order valence-electron chi connectivity index (χ1n) is 6.29. The topological polar surface area (TPSA) is 72.7 Å². The van der Waals surface area contributed by atoms with Crippen LogP contribution in [0.15, 0.2) is 22.7 Å². The number of rotatable bonds is 3. The van der Waals surface area contributed by atoms with E-state index in [1.165, 1.54) is 18.2 Å². The Morgan fingerprint density at radius 1 is 1.55 bits per heavy atom. The predicted octanol–water partition coefficient (Wildman–Crippen LogP) is 2.61. The number of nitro groups is 1. The first-order chi connectivity index (χ1) is 9.52. The Morgan fingerprint density at radius 2 is 2.30 bits per heavy atom. The third kappa shape index (κ3) is 3.16. The number of non-ortho nitro benzene ring substituents is 1. The molecule has 1 aromatic rings. The van der Waals surface area contributed by atoms with Gasteiger partial charge in [0.1, 0.15) is 0 Å². The van der Waals surface area contributed by atoms with Gasteiger partial charge in [0.2, 0.25) is 0 Å². The highest BCUT2D eigenvalue weighted by Gasteiger charge is 2.26. The van der Waals surface area contributed by atoms with Crippen molar-refractivity contribution in [2.75, 3.05) is 20.2 Å². The largest absolute Gasteiger partial charge is 0.380 e. The molecular weight excluding hydrogens is 328 g/mol. The van der Waals surface area contributed by atoms with Crippen molar-refractivity contribution in [1.82, 2.24) is 4.90 Å². The Balaban J connectivity index is 2.24. The summed E-state index contributed by atoms with van der Waals surface area (Å²) in [6.45, 7) is 1.16. The minimum absolute atomic E-state index is 0.0326. The molecule has 0 saturated carbocycles. The van der Waals surface area contributed by atoms with Crippen LogP contribution in [0.1, 0.15) is 23.2 Å². The molecule has 20 heavy (non-hydrogen) atoms. The summed E-state index contributed by atoms with van der Waals surface area (Å²) >= 11 is 3.28. The zero-order valence-electron chi connectivity index (χ0n) is 11.0. The van der Waals surface area contributed by atoms with E-state index >= 15 is 0 Å². The number of benzene rings is 1. The van der Waals surface area contributed by atoms with Gasteiger partial charge in [0.25, 0.3) is 11.6 Å². The Morgan fingerprint density at radius 3 is 2.95 bits per heavy atom. The standard InChI is InChI=1S/C13H15BrN2O4/c1-20-10-3-2-6-15(8-10)13(17)11-7-9(16(18)19)4-5-12(11)14/h4-5,7,10H,2-3,6,8H2,1H3. The van der Waals surface area contributed by atoms with Gasteiger partial charge >= 0.3 is 0 Å². The fourth-order valence-electron chi connectivity index (χ4n) is 2.28. The number of likely N-dealkylation sites (tertiary alicyclic amines) is 1. The van der Waals surface area contributed by atoms with Gasteiger partial charge in [0, 0.05) is 36.8 Å². The number of ether oxygens (including phenoxy) is 1. The van der Waals surface area contributed by atoms with Gasteiger partial charge < -0.3 is 9.64 Å². The highest BCUT2D eigenvalue weighted by molar-refractivity contribution is 9.10. The van der Waals surface area contributed by atoms with Crippen LogP contribution < -0.4 is 0 Å². The van der Waals surface area contributed by atoms with Crippen molar-refractivity contribution in [2.24, 2.45) is 0 Å². The maximum atomic E-state index is 12.5. The molecule has 1 aromatic carbocycles. The van der Waals surface area contributed by atoms with Crippen molar-refractivity contribution >= 4 is 27.5 Å². The molecule has 0 bridgehead atoms. The van der Waals surface area contributed by atoms with Crippen molar-refractivity contribution < 1.29 is 14.5 Å². The number of methoxy groups -OCH3 is 1. The van der Waals surface area contributed by atoms with E-state index in [0.717, 1.165) is 12.8 Å². The number of carbonyl (C=O) groups is 1. The average Bonchev–Trinajstić information content (AvgIpc) is 2.46. The minimum atomic E-state index is -0.503. The van der Waals surface area contributed by atoms with E-state index in [0.29, 0.717) is 23.1 Å². The maximum Gasteiger partial charge on any atom is 0.270 e. The van der Waals surface area contributed by atoms with Gasteiger partial charge in [-0.15, -0.1) is 0 Å². The predicted molar refractivity (Wildman–Crippen MR) is 76.7 cm³/mol. The van der Waals surface area contributed by atoms with Crippen LogP contribution in [0.5, 0.6) is 0 Å². The van der Waals surface area contributed by atoms with E-state index in [1.54, 1.807) is 12.0 Å². The molecule has 0 N–H and O–H groups in total. The molecule has 0 spiro atoms. The fourth-order valence-corrected chi connectivity index (χ4v) is 2.69. The Labute approximate surface area is 125 Å². The smallest absolute Gasteiger partial charge is 0.270 e. The van der Waals surface area contributed by atoms with E-state index in [4.69, 9.17) is 4.74 Å². The van der Waals surface area contributed by atoms with Crippen molar-refractivity contribution in [3.63, 3.8) is 0 Å². The molecular formula is C13H15BrN2O4. The number of nitrogens with zero attached hydrogens (tertiary/aromatic N) is 2. The SMILES string of the molecule is COC1CCCN(C(=O)c2cc([N+](=O)[O-])ccc2Br)C1. The Hall–Kier alpha value is -1.47. The van der Waals surface area contributed by atoms with Gasteiger partial charge in [-0.2, -0.15) is 0 Å². The summed E-state index contributed by atoms with van der Waals surface area (Å²) in [5.41, 5.74) is 0.229. The zero-order chi connectivity index (χ0) is 14.7. The van der Waals surface area contributed by atoms with E-state index < -0.39 is 4.92 Å². The minimum Gasteiger partial charge on any atom is -0.380 e. The third-order valence-corrected chi connectivity index (χ3v) is 4.08. The molecule has 1 amide bonds. The van der Waals surface area contributed by atoms with Crippen LogP contribution in [0.4, 0.5) is 5.69 Å². The van der Waals surface area contributed by atoms with Crippen LogP contribution in [-0.4, -0.2) is 42.0 Å². The number of hydrogen-bond acceptors (Lipinski definition) is 4. The summed E-state index contributed by atoms with van der Waals surface area (Å²) in [5, 5.41) is 10.8. The second-order valence-corrected chi connectivity index (χ2v) is 5.53. The molecule has 7 heteroatoms. The van der Waals surface area contributed by atoms with Crippen molar-refractivity contribution in [3.8, 4) is 0 Å². The highest BCUT2D eigenvalue weighted by atomic mass is 79.9. The summed E-state index contributed by atoms with van der Waals surface area (Å²) < 4.78 is 5.85. The van der Waals surface area contributed by atoms with Crippen LogP contribution in [-0.2, 0) is 4.74 Å². The van der Waals surface area contributed by atoms with Crippen molar-refractivity contribution in [3.05, 3.63) is 38.3 Å². The molecule has 1 atom stereocenters. The summed E-state index contributed by atoms with van der Waals surface area (Å²) in [6.07, 6.45) is 1.83. The molecule has 1 aliphatic heterocycles. The van der Waals surface area contributed by atoms with Gasteiger partial charge in [-0.1, -0.05) is 0 Å². The number of nitro benzene ring substituents is 1. The molecule has 0 radical (unpaired) electrons. The molecule has 2 rings (SSSR count). The molecule has 1 aliphatic rings. The van der Waals surface area contributed by atoms with Crippen LogP contribution in [0.2, 0.25) is 0 Å². The summed E-state index contributed by atoms with van der Waals surface area (Å²) in [7, 11) is 1.63. The molecule has 1 fully saturated rings. The van der Waals surface area contributed by atoms with Crippen LogP contribution >= 0.6 is 15.9 Å². The van der Waals surface area contributed by atoms with Gasteiger partial charge in [-0.05, 0) is 34.8 Å². The van der Waals surface area contributed by atoms with Crippen LogP contribution in [0, 0.1) is 10.1 Å². The Kier molecular flexibility index (Phi) is 4.72. The second kappa shape index (κ2) is 6.32. The van der Waals surface area contributed by atoms with E-state index in [9.17, 15) is 14.9 Å². The first kappa shape index (κ1) is 14.9. The number of piperidine rings is 1. The maximum absolute atomic E-state index is 12.5. The summed E-state index contributed by atoms with van der Waals surface area (Å²) in [4.78, 5) is 24.5. The van der Waals surface area contributed by atoms with Crippen LogP contribution in [0.25, 0.3) is 0 Å². The van der Waals surface area contributed by atoms with E-state index in [-0.39, 0.29) is 17.7 Å². The summed E-state index contributed by atoms with van der Waals surface area (Å²) in [5.74, 6) is -0.206. The average molecular weight is 343 g/mol. The first-order valence-corrected chi connectivity index (χ1v) is 7.08. The second-order valence-electron chi connectivity index (χ2n) is 4.67. The number of halogens is 1. The number of carbonyl (C=O) groups excluding carboxylic acids is 1. The van der Waals surface area contributed by atoms with Gasteiger partial charge in [-0.25, -0.2) is 0 Å². The number of amides is 1. The highest BCUT2D eigenvalue weighted by Crippen LogP contribution is 2.25. The number of hydrogen-bond donors (Lipinski definition) is 0. The van der Waals surface area contributed by atoms with Crippen molar-refractivity contribution in [2.45, 2.75) is 18.9 Å². The molecule has 1 unspecified atom stereocenters. The van der Waals surface area contributed by atoms with Gasteiger partial charge in [0.15, 0.2) is 0 Å². The third-order valence-electron chi connectivity index (χ3n) is 3.39. The lowest BCUT2D eigenvalue weighted by molar-refractivity contribution is -0.384. The normalized spacial score (nSPS) is 18.9. The fraction of sp³-hybridized carbons (Fsp3) is 0.462.